The molecular weight excluding hydrogens is 345 g/mol. The molecule has 0 saturated carbocycles. The van der Waals surface area contributed by atoms with Crippen LogP contribution in [0.3, 0.4) is 0 Å². The van der Waals surface area contributed by atoms with Crippen LogP contribution < -0.4 is 15.8 Å². The average molecular weight is 369 g/mol. The van der Waals surface area contributed by atoms with E-state index in [-0.39, 0.29) is 36.0 Å². The molecule has 0 heterocycles. The maximum absolute atomic E-state index is 12.1. The summed E-state index contributed by atoms with van der Waals surface area (Å²) in [5.74, 6) is -0.389. The molecule has 1 aromatic carbocycles. The molecule has 0 aliphatic heterocycles. The summed E-state index contributed by atoms with van der Waals surface area (Å²) in [5, 5.41) is 2.95. The smallest absolute Gasteiger partial charge is 0.406 e. The number of nitrogens with one attached hydrogen (secondary N) is 1. The van der Waals surface area contributed by atoms with Crippen LogP contribution in [0, 0.1) is 0 Å². The molecule has 0 aromatic heterocycles. The van der Waals surface area contributed by atoms with Gasteiger partial charge < -0.3 is 15.8 Å². The second-order valence-corrected chi connectivity index (χ2v) is 5.43. The van der Waals surface area contributed by atoms with Crippen molar-refractivity contribution in [2.45, 2.75) is 51.4 Å². The predicted molar refractivity (Wildman–Crippen MR) is 89.2 cm³/mol. The Bertz CT molecular complexity index is 495. The maximum atomic E-state index is 12.1. The van der Waals surface area contributed by atoms with Crippen LogP contribution in [0.1, 0.15) is 38.7 Å². The number of alkyl halides is 3. The van der Waals surface area contributed by atoms with Gasteiger partial charge in [-0.25, -0.2) is 0 Å². The molecule has 0 atom stereocenters. The highest BCUT2D eigenvalue weighted by Crippen LogP contribution is 2.23. The van der Waals surface area contributed by atoms with Crippen LogP contribution in [-0.4, -0.2) is 24.4 Å². The third-order valence-corrected chi connectivity index (χ3v) is 3.95. The molecule has 1 amide bonds. The number of rotatable bonds is 8. The van der Waals surface area contributed by atoms with Gasteiger partial charge in [0, 0.05) is 13.0 Å². The van der Waals surface area contributed by atoms with Crippen molar-refractivity contribution in [2.75, 3.05) is 6.54 Å². The fourth-order valence-corrected chi connectivity index (χ4v) is 2.24. The van der Waals surface area contributed by atoms with Crippen LogP contribution >= 0.6 is 12.4 Å². The fourth-order valence-electron chi connectivity index (χ4n) is 2.24. The average Bonchev–Trinajstić information content (AvgIpc) is 2.50. The number of benzene rings is 1. The van der Waals surface area contributed by atoms with Crippen LogP contribution in [0.25, 0.3) is 0 Å². The largest absolute Gasteiger partial charge is 0.573 e. The first-order valence-electron chi connectivity index (χ1n) is 7.59. The van der Waals surface area contributed by atoms with E-state index in [1.165, 1.54) is 24.3 Å². The standard InChI is InChI=1S/C16H23F3N2O2.ClH/c1-3-15(4-2,11-20)21-14(22)10-7-12-5-8-13(9-6-12)23-16(17,18)19;/h5-6,8-9H,3-4,7,10-11,20H2,1-2H3,(H,21,22);1H. The normalized spacial score (nSPS) is 11.6. The Morgan fingerprint density at radius 1 is 1.17 bits per heavy atom. The first kappa shape index (κ1) is 22.5. The van der Waals surface area contributed by atoms with Crippen molar-refractivity contribution >= 4 is 18.3 Å². The number of nitrogens with two attached hydrogens (primary N) is 1. The van der Waals surface area contributed by atoms with Crippen LogP contribution in [0.2, 0.25) is 0 Å². The highest BCUT2D eigenvalue weighted by Gasteiger charge is 2.31. The lowest BCUT2D eigenvalue weighted by atomic mass is 9.92. The number of halogens is 4. The molecule has 8 heteroatoms. The number of carbonyl (C=O) groups is 1. The van der Waals surface area contributed by atoms with E-state index in [0.717, 1.165) is 18.4 Å². The zero-order chi connectivity index (χ0) is 17.5. The Balaban J connectivity index is 0.00000529. The third kappa shape index (κ3) is 7.40. The van der Waals surface area contributed by atoms with Gasteiger partial charge in [-0.1, -0.05) is 26.0 Å². The monoisotopic (exact) mass is 368 g/mol. The van der Waals surface area contributed by atoms with Gasteiger partial charge in [-0.3, -0.25) is 4.79 Å². The summed E-state index contributed by atoms with van der Waals surface area (Å²) in [4.78, 5) is 12.0. The van der Waals surface area contributed by atoms with Gasteiger partial charge >= 0.3 is 6.36 Å². The highest BCUT2D eigenvalue weighted by atomic mass is 35.5. The minimum Gasteiger partial charge on any atom is -0.406 e. The molecule has 1 aromatic rings. The summed E-state index contributed by atoms with van der Waals surface area (Å²) in [7, 11) is 0. The summed E-state index contributed by atoms with van der Waals surface area (Å²) in [6, 6.07) is 5.51. The van der Waals surface area contributed by atoms with Crippen molar-refractivity contribution in [3.8, 4) is 5.75 Å². The lowest BCUT2D eigenvalue weighted by Gasteiger charge is -2.31. The SMILES string of the molecule is CCC(CC)(CN)NC(=O)CCc1ccc(OC(F)(F)F)cc1.Cl. The fraction of sp³-hybridized carbons (Fsp3) is 0.562. The van der Waals surface area contributed by atoms with Crippen molar-refractivity contribution in [1.29, 1.82) is 0 Å². The van der Waals surface area contributed by atoms with Crippen LogP contribution in [0.15, 0.2) is 24.3 Å². The van der Waals surface area contributed by atoms with Crippen LogP contribution in [0.5, 0.6) is 5.75 Å². The van der Waals surface area contributed by atoms with Gasteiger partial charge in [0.2, 0.25) is 5.91 Å². The van der Waals surface area contributed by atoms with Crippen molar-refractivity contribution in [1.82, 2.24) is 5.32 Å². The number of ether oxygens (including phenoxy) is 1. The van der Waals surface area contributed by atoms with Crippen molar-refractivity contribution in [3.63, 3.8) is 0 Å². The molecule has 0 saturated heterocycles. The topological polar surface area (TPSA) is 64.3 Å². The molecule has 0 bridgehead atoms. The van der Waals surface area contributed by atoms with Gasteiger partial charge in [0.05, 0.1) is 5.54 Å². The molecule has 0 fully saturated rings. The summed E-state index contributed by atoms with van der Waals surface area (Å²) in [6.45, 7) is 4.31. The Kier molecular flexibility index (Phi) is 9.14. The highest BCUT2D eigenvalue weighted by molar-refractivity contribution is 5.85. The molecule has 0 aliphatic rings. The minimum absolute atomic E-state index is 0. The Morgan fingerprint density at radius 3 is 2.12 bits per heavy atom. The van der Waals surface area contributed by atoms with Gasteiger partial charge in [0.1, 0.15) is 5.75 Å². The van der Waals surface area contributed by atoms with E-state index in [9.17, 15) is 18.0 Å². The Hall–Kier alpha value is -1.47. The van der Waals surface area contributed by atoms with Crippen LogP contribution in [0.4, 0.5) is 13.2 Å². The van der Waals surface area contributed by atoms with Gasteiger partial charge in [0.15, 0.2) is 0 Å². The van der Waals surface area contributed by atoms with E-state index < -0.39 is 6.36 Å². The van der Waals surface area contributed by atoms with Crippen molar-refractivity contribution in [2.24, 2.45) is 5.73 Å². The van der Waals surface area contributed by atoms with Gasteiger partial charge in [-0.15, -0.1) is 25.6 Å². The molecule has 3 N–H and O–H groups in total. The molecule has 0 aliphatic carbocycles. The van der Waals surface area contributed by atoms with E-state index in [4.69, 9.17) is 5.73 Å². The molecule has 24 heavy (non-hydrogen) atoms. The minimum atomic E-state index is -4.70. The predicted octanol–water partition coefficient (Wildman–Crippen LogP) is 3.57. The van der Waals surface area contributed by atoms with E-state index in [1.54, 1.807) is 0 Å². The molecule has 0 unspecified atom stereocenters. The number of aryl methyl sites for hydroxylation is 1. The zero-order valence-electron chi connectivity index (χ0n) is 13.8. The van der Waals surface area contributed by atoms with E-state index in [2.05, 4.69) is 10.1 Å². The summed E-state index contributed by atoms with van der Waals surface area (Å²) in [6.07, 6.45) is -2.52. The molecule has 4 nitrogen and oxygen atoms in total. The molecule has 1 rings (SSSR count). The maximum Gasteiger partial charge on any atom is 0.573 e. The Labute approximate surface area is 146 Å². The second-order valence-electron chi connectivity index (χ2n) is 5.43. The van der Waals surface area contributed by atoms with E-state index >= 15 is 0 Å². The lowest BCUT2D eigenvalue weighted by Crippen LogP contribution is -2.52. The zero-order valence-corrected chi connectivity index (χ0v) is 14.6. The quantitative estimate of drug-likeness (QED) is 0.737. The van der Waals surface area contributed by atoms with Crippen molar-refractivity contribution < 1.29 is 22.7 Å². The number of hydrogen-bond acceptors (Lipinski definition) is 3. The van der Waals surface area contributed by atoms with Gasteiger partial charge in [-0.05, 0) is 37.0 Å². The van der Waals surface area contributed by atoms with E-state index in [1.807, 2.05) is 13.8 Å². The first-order chi connectivity index (χ1) is 10.7. The lowest BCUT2D eigenvalue weighted by molar-refractivity contribution is -0.274. The molecular formula is C16H24ClF3N2O2. The second kappa shape index (κ2) is 9.74. The summed E-state index contributed by atoms with van der Waals surface area (Å²) in [5.41, 5.74) is 6.11. The number of hydrogen-bond donors (Lipinski definition) is 2. The third-order valence-electron chi connectivity index (χ3n) is 3.95. The molecule has 0 radical (unpaired) electrons. The van der Waals surface area contributed by atoms with E-state index in [0.29, 0.717) is 13.0 Å². The summed E-state index contributed by atoms with van der Waals surface area (Å²) < 4.78 is 40.0. The van der Waals surface area contributed by atoms with Gasteiger partial charge in [0.25, 0.3) is 0 Å². The number of amides is 1. The van der Waals surface area contributed by atoms with Crippen molar-refractivity contribution in [3.05, 3.63) is 29.8 Å². The summed E-state index contributed by atoms with van der Waals surface area (Å²) >= 11 is 0. The number of carbonyl (C=O) groups excluding carboxylic acids is 1. The van der Waals surface area contributed by atoms with Gasteiger partial charge in [-0.2, -0.15) is 0 Å². The molecule has 0 spiro atoms. The Morgan fingerprint density at radius 2 is 1.71 bits per heavy atom. The first-order valence-corrected chi connectivity index (χ1v) is 7.59. The van der Waals surface area contributed by atoms with Crippen LogP contribution in [-0.2, 0) is 11.2 Å². The molecule has 138 valence electrons.